The summed E-state index contributed by atoms with van der Waals surface area (Å²) >= 11 is 0. The average molecular weight is 159 g/mol. The Hall–Kier alpha value is -1.22. The first-order valence-corrected chi connectivity index (χ1v) is 2.91. The summed E-state index contributed by atoms with van der Waals surface area (Å²) in [5.41, 5.74) is -0.654. The maximum atomic E-state index is 9.22. The Morgan fingerprint density at radius 1 is 1.45 bits per heavy atom. The molecular weight excluding hydrogens is 142 g/mol. The summed E-state index contributed by atoms with van der Waals surface area (Å²) in [5, 5.41) is 18.3. The molecule has 11 heavy (non-hydrogen) atoms. The summed E-state index contributed by atoms with van der Waals surface area (Å²) in [6.07, 6.45) is -2.69. The number of hydrogen-bond acceptors (Lipinski definition) is 3. The van der Waals surface area contributed by atoms with E-state index in [4.69, 9.17) is 13.4 Å². The van der Waals surface area contributed by atoms with Crippen LogP contribution in [0.4, 0.5) is 0 Å². The Bertz CT molecular complexity index is 422. The first-order valence-electron chi connectivity index (χ1n) is 5.80. The van der Waals surface area contributed by atoms with Gasteiger partial charge in [0.05, 0.1) is 0 Å². The highest BCUT2D eigenvalue weighted by molar-refractivity contribution is 5.40. The van der Waals surface area contributed by atoms with Gasteiger partial charge in [-0.25, -0.2) is 0 Å². The second-order valence-corrected chi connectivity index (χ2v) is 1.94. The van der Waals surface area contributed by atoms with Gasteiger partial charge >= 0.3 is 0 Å². The fourth-order valence-electron chi connectivity index (χ4n) is 0.666. The standard InChI is InChI=1S/C8H11NO2/c9-4-3-6-1-2-7(10)8(11)5-6/h1-2,5,10-11H,3-4,9H2/i3D2,4D2/hD2. The molecule has 0 heterocycles. The van der Waals surface area contributed by atoms with E-state index >= 15 is 0 Å². The third-order valence-corrected chi connectivity index (χ3v) is 1.18. The van der Waals surface area contributed by atoms with Gasteiger partial charge < -0.3 is 15.9 Å². The molecule has 60 valence electrons. The van der Waals surface area contributed by atoms with Crippen LogP contribution in [0.2, 0.25) is 2.82 Å². The minimum absolute atomic E-state index is 0.276. The van der Waals surface area contributed by atoms with E-state index in [2.05, 4.69) is 0 Å². The fourth-order valence-corrected chi connectivity index (χ4v) is 0.666. The van der Waals surface area contributed by atoms with Crippen molar-refractivity contribution in [2.45, 2.75) is 6.37 Å². The topological polar surface area (TPSA) is 66.5 Å². The van der Waals surface area contributed by atoms with Crippen molar-refractivity contribution in [2.24, 2.45) is 5.72 Å². The Balaban J connectivity index is 3.25. The van der Waals surface area contributed by atoms with Gasteiger partial charge in [0.2, 0.25) is 0 Å². The van der Waals surface area contributed by atoms with Gasteiger partial charge in [-0.3, -0.25) is 0 Å². The fraction of sp³-hybridized carbons (Fsp3) is 0.250. The van der Waals surface area contributed by atoms with Crippen molar-refractivity contribution < 1.29 is 18.5 Å². The van der Waals surface area contributed by atoms with Crippen LogP contribution in [0.1, 0.15) is 11.0 Å². The molecule has 1 rings (SSSR count). The summed E-state index contributed by atoms with van der Waals surface area (Å²) in [4.78, 5) is 0. The molecule has 1 aromatic carbocycles. The van der Waals surface area contributed by atoms with Crippen molar-refractivity contribution in [3.05, 3.63) is 23.8 Å². The van der Waals surface area contributed by atoms with E-state index in [9.17, 15) is 5.11 Å². The van der Waals surface area contributed by atoms with Crippen LogP contribution in [-0.4, -0.2) is 16.7 Å². The lowest BCUT2D eigenvalue weighted by Gasteiger charge is -2.00. The molecule has 0 radical (unpaired) electrons. The van der Waals surface area contributed by atoms with Crippen LogP contribution in [0.15, 0.2) is 18.2 Å². The van der Waals surface area contributed by atoms with Crippen LogP contribution in [0, 0.1) is 0 Å². The molecule has 0 bridgehead atoms. The Kier molecular flexibility index (Phi) is 0.896. The van der Waals surface area contributed by atoms with Crippen molar-refractivity contribution in [3.8, 4) is 11.5 Å². The molecule has 0 aromatic heterocycles. The molecule has 0 spiro atoms. The van der Waals surface area contributed by atoms with Gasteiger partial charge in [0.15, 0.2) is 11.5 Å². The average Bonchev–Trinajstić information content (AvgIpc) is 2.21. The highest BCUT2D eigenvalue weighted by atomic mass is 16.3. The molecule has 0 aliphatic carbocycles. The number of hydrogen-bond donors (Lipinski definition) is 3. The molecule has 3 heteroatoms. The number of rotatable bonds is 3. The van der Waals surface area contributed by atoms with Crippen LogP contribution in [0.3, 0.4) is 0 Å². The van der Waals surface area contributed by atoms with Gasteiger partial charge in [0, 0.05) is 5.48 Å². The lowest BCUT2D eigenvalue weighted by Crippen LogP contribution is -2.02. The van der Waals surface area contributed by atoms with E-state index in [1.54, 1.807) is 0 Å². The molecule has 0 aliphatic heterocycles. The van der Waals surface area contributed by atoms with E-state index in [0.29, 0.717) is 0 Å². The van der Waals surface area contributed by atoms with E-state index < -0.39 is 24.4 Å². The number of phenols is 2. The predicted octanol–water partition coefficient (Wildman–Crippen LogP) is 0.599. The third-order valence-electron chi connectivity index (χ3n) is 1.18. The van der Waals surface area contributed by atoms with Crippen LogP contribution >= 0.6 is 0 Å². The molecule has 4 N–H and O–H groups in total. The summed E-state index contributed by atoms with van der Waals surface area (Å²) in [5.74, 6) is -1.05. The quantitative estimate of drug-likeness (QED) is 0.566. The number of phenolic OH excluding ortho intramolecular Hbond substituents is 2. The van der Waals surface area contributed by atoms with E-state index in [-0.39, 0.29) is 11.3 Å². The SMILES string of the molecule is [2H]N([2H])C([2H])([2H])C([2H])([2H])c1ccc(O)c(O)c1. The Labute approximate surface area is 73.6 Å². The maximum Gasteiger partial charge on any atom is 0.157 e. The molecular formula is C8H11NO2. The van der Waals surface area contributed by atoms with Crippen molar-refractivity contribution in [2.75, 3.05) is 6.50 Å². The number of aromatic hydroxyl groups is 2. The Morgan fingerprint density at radius 2 is 2.27 bits per heavy atom. The highest BCUT2D eigenvalue weighted by Gasteiger charge is 1.98. The largest absolute Gasteiger partial charge is 0.504 e. The third kappa shape index (κ3) is 1.85. The van der Waals surface area contributed by atoms with Gasteiger partial charge in [-0.1, -0.05) is 6.07 Å². The molecule has 0 saturated carbocycles. The van der Waals surface area contributed by atoms with Crippen molar-refractivity contribution in [1.29, 1.82) is 0 Å². The zero-order chi connectivity index (χ0) is 13.4. The van der Waals surface area contributed by atoms with Crippen LogP contribution in [-0.2, 0) is 6.37 Å². The minimum Gasteiger partial charge on any atom is -0.504 e. The molecule has 0 unspecified atom stereocenters. The first kappa shape index (κ1) is 3.03. The summed E-state index contributed by atoms with van der Waals surface area (Å²) in [6.45, 7) is -2.91. The molecule has 1 aromatic rings. The van der Waals surface area contributed by atoms with Gasteiger partial charge in [-0.15, -0.1) is 0 Å². The van der Waals surface area contributed by atoms with Gasteiger partial charge in [-0.2, -0.15) is 0 Å². The Morgan fingerprint density at radius 3 is 2.91 bits per heavy atom. The van der Waals surface area contributed by atoms with E-state index in [0.717, 1.165) is 18.2 Å². The lowest BCUT2D eigenvalue weighted by atomic mass is 10.1. The zero-order valence-corrected chi connectivity index (χ0v) is 5.57. The molecule has 0 saturated heterocycles. The number of benzene rings is 1. The summed E-state index contributed by atoms with van der Waals surface area (Å²) in [6, 6.07) is 2.95. The zero-order valence-electron chi connectivity index (χ0n) is 11.6. The van der Waals surface area contributed by atoms with Gasteiger partial charge in [-0.05, 0) is 30.6 Å². The van der Waals surface area contributed by atoms with Gasteiger partial charge in [0.25, 0.3) is 0 Å². The molecule has 0 amide bonds. The van der Waals surface area contributed by atoms with Crippen LogP contribution in [0.25, 0.3) is 0 Å². The minimum atomic E-state index is -2.91. The predicted molar refractivity (Wildman–Crippen MR) is 42.5 cm³/mol. The molecule has 3 nitrogen and oxygen atoms in total. The second kappa shape index (κ2) is 3.25. The first-order chi connectivity index (χ1) is 7.60. The lowest BCUT2D eigenvalue weighted by molar-refractivity contribution is 0.403. The van der Waals surface area contributed by atoms with E-state index in [1.165, 1.54) is 0 Å². The smallest absolute Gasteiger partial charge is 0.157 e. The van der Waals surface area contributed by atoms with Crippen LogP contribution < -0.4 is 5.72 Å². The second-order valence-electron chi connectivity index (χ2n) is 1.94. The normalized spacial score (nSPS) is 20.8. The van der Waals surface area contributed by atoms with Gasteiger partial charge in [0.1, 0.15) is 2.82 Å². The van der Waals surface area contributed by atoms with Crippen molar-refractivity contribution >= 4 is 0 Å². The number of nitrogens with two attached hydrogens (primary N) is 1. The van der Waals surface area contributed by atoms with Crippen LogP contribution in [0.5, 0.6) is 11.5 Å². The van der Waals surface area contributed by atoms with Crippen molar-refractivity contribution in [3.63, 3.8) is 0 Å². The highest BCUT2D eigenvalue weighted by Crippen LogP contribution is 2.24. The molecule has 0 aliphatic rings. The number of aryl methyl sites for hydroxylation is 1. The summed E-state index contributed by atoms with van der Waals surface area (Å²) in [7, 11) is 0. The molecule has 0 atom stereocenters. The summed E-state index contributed by atoms with van der Waals surface area (Å²) < 4.78 is 43.6. The van der Waals surface area contributed by atoms with E-state index in [1.807, 2.05) is 0 Å². The van der Waals surface area contributed by atoms with Crippen molar-refractivity contribution in [1.82, 2.24) is 0 Å². The molecule has 0 fully saturated rings. The monoisotopic (exact) mass is 159 g/mol. The maximum absolute atomic E-state index is 9.22.